The molecule has 0 aromatic carbocycles. The van der Waals surface area contributed by atoms with Gasteiger partial charge in [-0.2, -0.15) is 0 Å². The minimum atomic E-state index is -1.99. The minimum Gasteiger partial charge on any atom is -0.481 e. The quantitative estimate of drug-likeness (QED) is 0.0153. The number of nitrogens with two attached hydrogens (primary N) is 6. The molecule has 1 heterocycles. The fourth-order valence-corrected chi connectivity index (χ4v) is 14.1. The smallest absolute Gasteiger partial charge is 0.326 e. The van der Waals surface area contributed by atoms with E-state index >= 15 is 0 Å². The third-order valence-corrected chi connectivity index (χ3v) is 22.2. The Morgan fingerprint density at radius 1 is 0.370 bits per heavy atom. The van der Waals surface area contributed by atoms with Crippen molar-refractivity contribution in [3.63, 3.8) is 0 Å². The van der Waals surface area contributed by atoms with Crippen molar-refractivity contribution in [1.82, 2.24) is 95.3 Å². The summed E-state index contributed by atoms with van der Waals surface area (Å²) in [5.41, 5.74) is 33.7. The van der Waals surface area contributed by atoms with Gasteiger partial charge in [0.25, 0.3) is 0 Å². The van der Waals surface area contributed by atoms with Gasteiger partial charge in [0, 0.05) is 13.1 Å². The average molecular weight is 1970 g/mol. The molecular weight excluding hydrogens is 1820 g/mol. The van der Waals surface area contributed by atoms with Gasteiger partial charge < -0.3 is 155 Å². The normalized spacial score (nSPS) is 16.3. The Morgan fingerprint density at radius 2 is 0.710 bits per heavy atom. The first-order valence-electron chi connectivity index (χ1n) is 46.4. The molecule has 0 spiro atoms. The Bertz CT molecular complexity index is 4150. The molecule has 1 fully saturated rings. The summed E-state index contributed by atoms with van der Waals surface area (Å²) in [6, 6.07) is -26.4. The number of carbonyl (C=O) groups is 22. The highest BCUT2D eigenvalue weighted by atomic mass is 16.4. The van der Waals surface area contributed by atoms with Crippen LogP contribution in [0.25, 0.3) is 0 Å². The number of rotatable bonds is 67. The predicted octanol–water partition coefficient (Wildman–Crippen LogP) is -9.06. The van der Waals surface area contributed by atoms with Crippen molar-refractivity contribution in [2.75, 3.05) is 52.5 Å². The number of carbonyl (C=O) groups excluding carboxylic acids is 19. The summed E-state index contributed by atoms with van der Waals surface area (Å²) in [6.07, 6.45) is -2.00. The standard InChI is InChI=1S/C86H151N25O27/c1-15-45(11)67(82(134)97-48(14)70(122)109-68(46(12)16-2)83(135)107-59(40-113)84(136)111-30-22-26-60(111)85(137)138)110-75(127)52(25-21-29-93-86(91)92)101-80(132)58(36-65(119)120)106-81(133)66(44(9)10)108-63(116)38-95-72(124)53(31-41(3)4)102-74(126)51(24-18-20-28-88)100-79(131)56(34-61(90)114)104-78(130)55(33-43(7)8)103-73(125)50(23-17-19-27-87)99-69(121)47(13)96-76(128)57(35-64(117)118)105-77(129)54(32-42(5)6)98-62(115)37-94-71(123)49(89)39-112/h41-60,66-68,112-113H,15-40,87-89H2,1-14H3,(H2,90,114)(H,94,123)(H,95,124)(H,96,128)(H,97,134)(H,98,115)(H,99,121)(H,100,131)(H,101,132)(H,102,126)(H,103,125)(H,104,130)(H,105,129)(H,106,133)(H,107,135)(H,108,116)(H,109,122)(H,110,127)(H,117,118)(H,119,120)(H,137,138)(H4,91,92,93)/t45-,46-,47-,48-,49-,50-,51-,52-,53-,54-,55-,56-,57-,58-,59-,60-,66-,67-,68-/m0/s1. The monoisotopic (exact) mass is 1970 g/mol. The molecule has 0 aromatic heterocycles. The minimum absolute atomic E-state index is 0.0365. The maximum atomic E-state index is 14.5. The van der Waals surface area contributed by atoms with Crippen molar-refractivity contribution in [3.05, 3.63) is 0 Å². The molecule has 138 heavy (non-hydrogen) atoms. The number of aliphatic hydroxyl groups excluding tert-OH is 2. The highest BCUT2D eigenvalue weighted by Crippen LogP contribution is 2.21. The summed E-state index contributed by atoms with van der Waals surface area (Å²) in [5, 5.41) is 90.2. The van der Waals surface area contributed by atoms with Gasteiger partial charge in [0.05, 0.1) is 45.6 Å². The Kier molecular flexibility index (Phi) is 57.0. The number of hydrogen-bond acceptors (Lipinski definition) is 28. The summed E-state index contributed by atoms with van der Waals surface area (Å²) in [4.78, 5) is 304. The Balaban J connectivity index is 3.55. The lowest BCUT2D eigenvalue weighted by atomic mass is 9.96. The van der Waals surface area contributed by atoms with Crippen LogP contribution in [0.15, 0.2) is 4.99 Å². The van der Waals surface area contributed by atoms with E-state index in [1.54, 1.807) is 69.2 Å². The first-order valence-corrected chi connectivity index (χ1v) is 46.4. The summed E-state index contributed by atoms with van der Waals surface area (Å²) in [5.74, 6) is -27.4. The van der Waals surface area contributed by atoms with E-state index < -0.39 is 302 Å². The Labute approximate surface area is 801 Å². The molecular formula is C86H151N25O27. The third-order valence-electron chi connectivity index (χ3n) is 22.2. The van der Waals surface area contributed by atoms with E-state index in [0.29, 0.717) is 19.3 Å². The van der Waals surface area contributed by atoms with Gasteiger partial charge in [-0.25, -0.2) is 4.79 Å². The molecule has 0 saturated carbocycles. The summed E-state index contributed by atoms with van der Waals surface area (Å²) in [7, 11) is 0. The van der Waals surface area contributed by atoms with Crippen LogP contribution in [0.4, 0.5) is 0 Å². The highest BCUT2D eigenvalue weighted by molar-refractivity contribution is 6.03. The predicted molar refractivity (Wildman–Crippen MR) is 497 cm³/mol. The van der Waals surface area contributed by atoms with Crippen LogP contribution < -0.4 is 125 Å². The van der Waals surface area contributed by atoms with Gasteiger partial charge in [-0.15, -0.1) is 0 Å². The number of aliphatic hydroxyl groups is 2. The van der Waals surface area contributed by atoms with Crippen molar-refractivity contribution >= 4 is 136 Å². The van der Waals surface area contributed by atoms with Crippen molar-refractivity contribution in [3.8, 4) is 0 Å². The molecule has 19 atom stereocenters. The highest BCUT2D eigenvalue weighted by Gasteiger charge is 2.43. The van der Waals surface area contributed by atoms with E-state index in [4.69, 9.17) is 39.5 Å². The number of likely N-dealkylation sites (tertiary alicyclic amines) is 1. The third kappa shape index (κ3) is 46.0. The van der Waals surface area contributed by atoms with E-state index in [9.17, 15) is 126 Å². The molecule has 1 aliphatic heterocycles. The molecule has 0 radical (unpaired) electrons. The SMILES string of the molecule is CC[C@H](C)[C@H](NC(=O)[C@H](C)NC(=O)[C@@H](NC(=O)[C@H](CCCN=C(N)N)NC(=O)[C@H](CC(=O)O)NC(=O)[C@@H](NC(=O)CNC(=O)[C@H](CC(C)C)NC(=O)[C@H](CCCCN)NC(=O)[C@H](CC(N)=O)NC(=O)[C@H](CC(C)C)NC(=O)[C@H](CCCCN)NC(=O)[C@H](C)NC(=O)[C@H](CC(=O)O)NC(=O)[C@H](CC(C)C)NC(=O)CNC(=O)[C@@H](N)CO)C(C)C)[C@@H](C)CC)C(=O)N[C@@H](CO)C(=O)N1CCC[C@H]1C(=O)O. The zero-order valence-electron chi connectivity index (χ0n) is 81.2. The number of nitrogens with one attached hydrogen (secondary N) is 17. The maximum absolute atomic E-state index is 14.5. The number of unbranched alkanes of at least 4 members (excludes halogenated alkanes) is 2. The van der Waals surface area contributed by atoms with Crippen LogP contribution in [0.3, 0.4) is 0 Å². The molecule has 782 valence electrons. The first-order chi connectivity index (χ1) is 64.6. The number of guanidine groups is 1. The van der Waals surface area contributed by atoms with Gasteiger partial charge in [-0.05, 0) is 146 Å². The van der Waals surface area contributed by atoms with Gasteiger partial charge >= 0.3 is 17.9 Å². The molecule has 1 aliphatic rings. The number of carboxylic acid groups (broad SMARTS) is 3. The topological polar surface area (TPSA) is 853 Å². The van der Waals surface area contributed by atoms with Crippen molar-refractivity contribution in [2.45, 2.75) is 315 Å². The fraction of sp³-hybridized carbons (Fsp3) is 0.733. The van der Waals surface area contributed by atoms with E-state index in [-0.39, 0.29) is 121 Å². The lowest BCUT2D eigenvalue weighted by molar-refractivity contribution is -0.150. The number of hydrogen-bond donors (Lipinski definition) is 28. The van der Waals surface area contributed by atoms with E-state index in [2.05, 4.69) is 95.4 Å². The fourth-order valence-electron chi connectivity index (χ4n) is 14.1. The van der Waals surface area contributed by atoms with Gasteiger partial charge in [-0.3, -0.25) is 106 Å². The van der Waals surface area contributed by atoms with Crippen LogP contribution in [-0.4, -0.2) is 322 Å². The zero-order chi connectivity index (χ0) is 105. The molecule has 52 nitrogen and oxygen atoms in total. The lowest BCUT2D eigenvalue weighted by Crippen LogP contribution is -2.61. The molecule has 1 saturated heterocycles. The lowest BCUT2D eigenvalue weighted by Gasteiger charge is -2.30. The summed E-state index contributed by atoms with van der Waals surface area (Å²) in [6.45, 7) is 18.9. The number of carboxylic acids is 3. The second-order valence-electron chi connectivity index (χ2n) is 35.9. The number of amides is 19. The molecule has 19 amide bonds. The largest absolute Gasteiger partial charge is 0.481 e. The number of primary amides is 1. The van der Waals surface area contributed by atoms with E-state index in [1.165, 1.54) is 27.7 Å². The molecule has 34 N–H and O–H groups in total. The Hall–Kier alpha value is -12.6. The van der Waals surface area contributed by atoms with E-state index in [0.717, 1.165) is 4.90 Å². The van der Waals surface area contributed by atoms with Crippen LogP contribution >= 0.6 is 0 Å². The van der Waals surface area contributed by atoms with Crippen LogP contribution in [0.2, 0.25) is 0 Å². The molecule has 0 aromatic rings. The molecule has 0 bridgehead atoms. The van der Waals surface area contributed by atoms with Crippen molar-refractivity contribution in [1.29, 1.82) is 0 Å². The average Bonchev–Trinajstić information content (AvgIpc) is 1.68. The second kappa shape index (κ2) is 63.7. The van der Waals surface area contributed by atoms with Crippen LogP contribution in [0, 0.1) is 35.5 Å². The first kappa shape index (κ1) is 123. The van der Waals surface area contributed by atoms with Crippen LogP contribution in [0.1, 0.15) is 213 Å². The van der Waals surface area contributed by atoms with Gasteiger partial charge in [0.2, 0.25) is 112 Å². The molecule has 1 rings (SSSR count). The zero-order valence-corrected chi connectivity index (χ0v) is 81.2. The number of aliphatic imine (C=N–C) groups is 1. The van der Waals surface area contributed by atoms with Crippen molar-refractivity contribution < 1.29 is 131 Å². The Morgan fingerprint density at radius 3 is 1.12 bits per heavy atom. The van der Waals surface area contributed by atoms with Gasteiger partial charge in [-0.1, -0.05) is 95.9 Å². The summed E-state index contributed by atoms with van der Waals surface area (Å²) < 4.78 is 0. The number of aliphatic carboxylic acids is 3. The molecule has 0 aliphatic carbocycles. The van der Waals surface area contributed by atoms with E-state index in [1.807, 2.05) is 0 Å². The second-order valence-corrected chi connectivity index (χ2v) is 35.9. The number of nitrogens with zero attached hydrogens (tertiary/aromatic N) is 2. The summed E-state index contributed by atoms with van der Waals surface area (Å²) >= 11 is 0. The van der Waals surface area contributed by atoms with Crippen molar-refractivity contribution in [2.24, 2.45) is 74.9 Å². The maximum Gasteiger partial charge on any atom is 0.326 e. The van der Waals surface area contributed by atoms with Crippen LogP contribution in [0.5, 0.6) is 0 Å². The van der Waals surface area contributed by atoms with Gasteiger partial charge in [0.1, 0.15) is 103 Å². The van der Waals surface area contributed by atoms with Gasteiger partial charge in [0.15, 0.2) is 5.96 Å². The van der Waals surface area contributed by atoms with Crippen LogP contribution in [-0.2, 0) is 105 Å². The molecule has 52 heteroatoms. The molecule has 0 unspecified atom stereocenters.